The van der Waals surface area contributed by atoms with Gasteiger partial charge in [-0.1, -0.05) is 11.2 Å². The van der Waals surface area contributed by atoms with Crippen LogP contribution in [-0.2, 0) is 16.1 Å². The number of methoxy groups -OCH3 is 1. The first kappa shape index (κ1) is 24.9. The number of benzene rings is 2. The number of carbonyl (C=O) groups excluding carboxylic acids is 1. The number of carbonyl (C=O) groups is 1. The largest absolute Gasteiger partial charge is 0.465 e. The van der Waals surface area contributed by atoms with Crippen LogP contribution < -0.4 is 4.90 Å². The number of hydrogen-bond acceptors (Lipinski definition) is 6. The van der Waals surface area contributed by atoms with Crippen LogP contribution in [0.2, 0.25) is 0 Å². The topological polar surface area (TPSA) is 64.8 Å². The summed E-state index contributed by atoms with van der Waals surface area (Å²) >= 11 is 0. The number of esters is 1. The zero-order valence-corrected chi connectivity index (χ0v) is 20.7. The monoisotopic (exact) mass is 530 g/mol. The summed E-state index contributed by atoms with van der Waals surface area (Å²) in [6.45, 7) is 0.0685. The number of nitrogens with zero attached hydrogens (tertiary/aromatic N) is 2. The Balaban J connectivity index is 1.21. The van der Waals surface area contributed by atoms with E-state index in [2.05, 4.69) is 9.89 Å². The lowest BCUT2D eigenvalue weighted by Crippen LogP contribution is -2.46. The molecule has 2 aliphatic heterocycles. The fraction of sp³-hybridized carbons (Fsp3) is 0.429. The van der Waals surface area contributed by atoms with Crippen LogP contribution in [0.5, 0.6) is 0 Å². The fourth-order valence-electron chi connectivity index (χ4n) is 5.93. The molecule has 0 amide bonds. The van der Waals surface area contributed by atoms with E-state index in [1.807, 2.05) is 0 Å². The molecule has 1 saturated carbocycles. The van der Waals surface area contributed by atoms with Gasteiger partial charge in [-0.3, -0.25) is 0 Å². The van der Waals surface area contributed by atoms with E-state index >= 15 is 0 Å². The van der Waals surface area contributed by atoms with Crippen molar-refractivity contribution < 1.29 is 36.4 Å². The number of aromatic nitrogens is 1. The SMILES string of the molecule is COC(=O)c1cc(F)c(N2C3CC[C@H]2CC(OCc2c(-c4c(F)cccc4F)noc2C2CC2)C3)c(F)c1. The van der Waals surface area contributed by atoms with Crippen LogP contribution in [0.4, 0.5) is 23.2 Å². The van der Waals surface area contributed by atoms with E-state index in [1.165, 1.54) is 18.2 Å². The molecule has 0 spiro atoms. The molecule has 3 aliphatic rings. The van der Waals surface area contributed by atoms with E-state index in [9.17, 15) is 22.4 Å². The van der Waals surface area contributed by atoms with Crippen molar-refractivity contribution in [1.29, 1.82) is 0 Å². The van der Waals surface area contributed by atoms with Crippen LogP contribution >= 0.6 is 0 Å². The van der Waals surface area contributed by atoms with Crippen molar-refractivity contribution >= 4 is 11.7 Å². The Morgan fingerprint density at radius 1 is 1.00 bits per heavy atom. The van der Waals surface area contributed by atoms with Crippen molar-refractivity contribution in [2.45, 2.75) is 69.2 Å². The lowest BCUT2D eigenvalue weighted by Gasteiger charge is -2.40. The first-order valence-corrected chi connectivity index (χ1v) is 12.8. The minimum Gasteiger partial charge on any atom is -0.465 e. The van der Waals surface area contributed by atoms with Crippen molar-refractivity contribution in [2.24, 2.45) is 0 Å². The lowest BCUT2D eigenvalue weighted by atomic mass is 9.97. The average Bonchev–Trinajstić information content (AvgIpc) is 3.60. The summed E-state index contributed by atoms with van der Waals surface area (Å²) in [7, 11) is 1.15. The zero-order chi connectivity index (χ0) is 26.6. The second-order valence-electron chi connectivity index (χ2n) is 10.2. The van der Waals surface area contributed by atoms with Crippen molar-refractivity contribution in [1.82, 2.24) is 5.16 Å². The summed E-state index contributed by atoms with van der Waals surface area (Å²) in [6, 6.07) is 5.35. The number of rotatable bonds is 7. The first-order valence-electron chi connectivity index (χ1n) is 12.8. The predicted molar refractivity (Wildman–Crippen MR) is 129 cm³/mol. The highest BCUT2D eigenvalue weighted by molar-refractivity contribution is 5.90. The van der Waals surface area contributed by atoms with E-state index < -0.39 is 29.2 Å². The fourth-order valence-corrected chi connectivity index (χ4v) is 5.93. The molecule has 2 bridgehead atoms. The molecule has 0 N–H and O–H groups in total. The summed E-state index contributed by atoms with van der Waals surface area (Å²) in [5.74, 6) is -3.13. The van der Waals surface area contributed by atoms with E-state index in [-0.39, 0.29) is 53.2 Å². The zero-order valence-electron chi connectivity index (χ0n) is 20.7. The molecule has 3 fully saturated rings. The molecule has 3 aromatic rings. The van der Waals surface area contributed by atoms with Gasteiger partial charge >= 0.3 is 5.97 Å². The lowest BCUT2D eigenvalue weighted by molar-refractivity contribution is 0.0145. The van der Waals surface area contributed by atoms with Crippen LogP contribution in [-0.4, -0.2) is 36.4 Å². The Bertz CT molecular complexity index is 1330. The maximum Gasteiger partial charge on any atom is 0.338 e. The molecule has 6 rings (SSSR count). The number of fused-ring (bicyclic) bond motifs is 2. The number of halogens is 4. The Hall–Kier alpha value is -3.40. The minimum absolute atomic E-state index is 0.0685. The number of ether oxygens (including phenoxy) is 2. The second-order valence-corrected chi connectivity index (χ2v) is 10.2. The molecule has 0 radical (unpaired) electrons. The van der Waals surface area contributed by atoms with E-state index in [0.29, 0.717) is 24.2 Å². The molecule has 1 aliphatic carbocycles. The van der Waals surface area contributed by atoms with Gasteiger partial charge in [0.25, 0.3) is 0 Å². The van der Waals surface area contributed by atoms with Gasteiger partial charge in [-0.05, 0) is 62.8 Å². The Labute approximate surface area is 216 Å². The quantitative estimate of drug-likeness (QED) is 0.265. The highest BCUT2D eigenvalue weighted by Crippen LogP contribution is 2.46. The molecular formula is C28H26F4N2O4. The molecule has 1 aromatic heterocycles. The Morgan fingerprint density at radius 3 is 2.21 bits per heavy atom. The van der Waals surface area contributed by atoms with E-state index in [1.54, 1.807) is 4.90 Å². The Kier molecular flexibility index (Phi) is 6.37. The highest BCUT2D eigenvalue weighted by atomic mass is 19.1. The molecule has 10 heteroatoms. The van der Waals surface area contributed by atoms with Crippen LogP contribution in [0, 0.1) is 23.3 Å². The van der Waals surface area contributed by atoms with Gasteiger partial charge in [-0.2, -0.15) is 0 Å². The third-order valence-corrected chi connectivity index (χ3v) is 7.82. The molecule has 200 valence electrons. The molecule has 38 heavy (non-hydrogen) atoms. The van der Waals surface area contributed by atoms with E-state index in [0.717, 1.165) is 44.9 Å². The smallest absolute Gasteiger partial charge is 0.338 e. The average molecular weight is 531 g/mol. The summed E-state index contributed by atoms with van der Waals surface area (Å²) in [5.41, 5.74) is 0.0903. The number of piperidine rings is 1. The van der Waals surface area contributed by atoms with Gasteiger partial charge in [0.05, 0.1) is 30.9 Å². The summed E-state index contributed by atoms with van der Waals surface area (Å²) < 4.78 is 75.5. The van der Waals surface area contributed by atoms with Crippen molar-refractivity contribution in [2.75, 3.05) is 12.0 Å². The molecule has 6 nitrogen and oxygen atoms in total. The van der Waals surface area contributed by atoms with Gasteiger partial charge in [-0.15, -0.1) is 0 Å². The van der Waals surface area contributed by atoms with Gasteiger partial charge < -0.3 is 18.9 Å². The molecule has 2 saturated heterocycles. The maximum absolute atomic E-state index is 15.0. The number of hydrogen-bond donors (Lipinski definition) is 0. The Morgan fingerprint density at radius 2 is 1.63 bits per heavy atom. The van der Waals surface area contributed by atoms with Gasteiger partial charge in [-0.25, -0.2) is 22.4 Å². The summed E-state index contributed by atoms with van der Waals surface area (Å²) in [5, 5.41) is 4.01. The van der Waals surface area contributed by atoms with Gasteiger partial charge in [0.1, 0.15) is 40.4 Å². The first-order chi connectivity index (χ1) is 18.4. The van der Waals surface area contributed by atoms with Gasteiger partial charge in [0, 0.05) is 23.6 Å². The normalized spacial score (nSPS) is 22.7. The molecule has 3 atom stereocenters. The summed E-state index contributed by atoms with van der Waals surface area (Å²) in [6.07, 6.45) is 4.15. The van der Waals surface area contributed by atoms with Gasteiger partial charge in [0.2, 0.25) is 0 Å². The predicted octanol–water partition coefficient (Wildman–Crippen LogP) is 6.28. The summed E-state index contributed by atoms with van der Waals surface area (Å²) in [4.78, 5) is 13.5. The standard InChI is InChI=1S/C28H26F4N2O4/c1-36-28(35)15-9-22(31)26(23(32)10-15)34-16-7-8-17(34)12-18(11-16)37-13-19-25(33-38-27(19)14-5-6-14)24-20(29)3-2-4-21(24)30/h2-4,9-10,14,16-18H,5-8,11-13H2,1H3/t16-,17?,18?/m0/s1. The van der Waals surface area contributed by atoms with Crippen LogP contribution in [0.1, 0.15) is 66.1 Å². The third-order valence-electron chi connectivity index (χ3n) is 7.82. The molecule has 2 unspecified atom stereocenters. The molecular weight excluding hydrogens is 504 g/mol. The van der Waals surface area contributed by atoms with Crippen molar-refractivity contribution in [3.8, 4) is 11.3 Å². The van der Waals surface area contributed by atoms with Crippen molar-refractivity contribution in [3.63, 3.8) is 0 Å². The van der Waals surface area contributed by atoms with Crippen LogP contribution in [0.25, 0.3) is 11.3 Å². The van der Waals surface area contributed by atoms with Gasteiger partial charge in [0.15, 0.2) is 0 Å². The maximum atomic E-state index is 15.0. The van der Waals surface area contributed by atoms with Crippen molar-refractivity contribution in [3.05, 3.63) is 70.5 Å². The van der Waals surface area contributed by atoms with E-state index in [4.69, 9.17) is 9.26 Å². The minimum atomic E-state index is -0.809. The highest BCUT2D eigenvalue weighted by Gasteiger charge is 2.44. The molecule has 2 aromatic carbocycles. The van der Waals surface area contributed by atoms with Crippen LogP contribution in [0.15, 0.2) is 34.9 Å². The van der Waals surface area contributed by atoms with Crippen LogP contribution in [0.3, 0.4) is 0 Å². The second kappa shape index (κ2) is 9.72. The number of anilines is 1. The molecule has 3 heterocycles. The third kappa shape index (κ3) is 4.34.